The molecule has 0 bridgehead atoms. The van der Waals surface area contributed by atoms with Crippen molar-refractivity contribution in [1.82, 2.24) is 0 Å². The monoisotopic (exact) mass is 329 g/mol. The van der Waals surface area contributed by atoms with Gasteiger partial charge in [-0.1, -0.05) is 36.0 Å². The minimum Gasteiger partial charge on any atom is -0.469 e. The van der Waals surface area contributed by atoms with Crippen LogP contribution in [0.2, 0.25) is 10.0 Å². The quantitative estimate of drug-likeness (QED) is 0.808. The van der Waals surface area contributed by atoms with Crippen LogP contribution in [0, 0.1) is 5.41 Å². The van der Waals surface area contributed by atoms with Gasteiger partial charge in [0.25, 0.3) is 0 Å². The van der Waals surface area contributed by atoms with Gasteiger partial charge in [0, 0.05) is 16.1 Å². The Bertz CT molecular complexity index is 513. The van der Waals surface area contributed by atoms with Gasteiger partial charge < -0.3 is 10.5 Å². The van der Waals surface area contributed by atoms with Crippen LogP contribution in [0.5, 0.6) is 0 Å². The molecule has 1 fully saturated rings. The van der Waals surface area contributed by atoms with Crippen LogP contribution in [0.1, 0.15) is 50.1 Å². The zero-order valence-electron chi connectivity index (χ0n) is 12.2. The van der Waals surface area contributed by atoms with Gasteiger partial charge in [-0.25, -0.2) is 0 Å². The number of methoxy groups -OCH3 is 1. The van der Waals surface area contributed by atoms with Gasteiger partial charge in [-0.3, -0.25) is 4.79 Å². The second kappa shape index (κ2) is 6.99. The smallest absolute Gasteiger partial charge is 0.306 e. The van der Waals surface area contributed by atoms with Crippen LogP contribution < -0.4 is 5.73 Å². The van der Waals surface area contributed by atoms with E-state index in [2.05, 4.69) is 0 Å². The highest BCUT2D eigenvalue weighted by atomic mass is 35.5. The van der Waals surface area contributed by atoms with E-state index in [1.54, 1.807) is 12.1 Å². The van der Waals surface area contributed by atoms with E-state index in [1.807, 2.05) is 6.07 Å². The third-order valence-corrected chi connectivity index (χ3v) is 5.00. The number of hydrogen-bond acceptors (Lipinski definition) is 3. The Labute approximate surface area is 135 Å². The molecule has 0 heterocycles. The van der Waals surface area contributed by atoms with Crippen molar-refractivity contribution in [3.05, 3.63) is 33.8 Å². The molecule has 1 aliphatic carbocycles. The zero-order valence-corrected chi connectivity index (χ0v) is 13.7. The summed E-state index contributed by atoms with van der Waals surface area (Å²) in [5.41, 5.74) is 7.13. The van der Waals surface area contributed by atoms with E-state index in [-0.39, 0.29) is 17.4 Å². The third-order valence-electron chi connectivity index (χ3n) is 4.42. The number of esters is 1. The highest BCUT2D eigenvalue weighted by molar-refractivity contribution is 6.33. The minimum absolute atomic E-state index is 0.0713. The second-order valence-electron chi connectivity index (χ2n) is 5.94. The molecule has 2 N–H and O–H groups in total. The first kappa shape index (κ1) is 16.6. The summed E-state index contributed by atoms with van der Waals surface area (Å²) in [6.45, 7) is 0. The molecule has 3 nitrogen and oxygen atoms in total. The van der Waals surface area contributed by atoms with Gasteiger partial charge in [-0.2, -0.15) is 0 Å². The van der Waals surface area contributed by atoms with Crippen LogP contribution in [-0.2, 0) is 9.53 Å². The minimum atomic E-state index is -0.223. The highest BCUT2D eigenvalue weighted by Gasteiger charge is 2.38. The number of halogens is 2. The lowest BCUT2D eigenvalue weighted by atomic mass is 9.76. The van der Waals surface area contributed by atoms with Crippen LogP contribution in [0.4, 0.5) is 0 Å². The largest absolute Gasteiger partial charge is 0.469 e. The summed E-state index contributed by atoms with van der Waals surface area (Å²) in [4.78, 5) is 11.7. The first-order chi connectivity index (χ1) is 9.96. The van der Waals surface area contributed by atoms with Crippen LogP contribution >= 0.6 is 23.2 Å². The fourth-order valence-corrected chi connectivity index (χ4v) is 3.77. The first-order valence-electron chi connectivity index (χ1n) is 7.23. The molecule has 0 radical (unpaired) electrons. The molecule has 1 saturated carbocycles. The van der Waals surface area contributed by atoms with Gasteiger partial charge in [0.05, 0.1) is 13.5 Å². The summed E-state index contributed by atoms with van der Waals surface area (Å²) < 4.78 is 4.84. The second-order valence-corrected chi connectivity index (χ2v) is 6.78. The van der Waals surface area contributed by atoms with E-state index in [0.717, 1.165) is 37.7 Å². The third kappa shape index (κ3) is 4.12. The summed E-state index contributed by atoms with van der Waals surface area (Å²) in [6, 6.07) is 5.11. The predicted molar refractivity (Wildman–Crippen MR) is 85.5 cm³/mol. The van der Waals surface area contributed by atoms with Crippen LogP contribution in [0.25, 0.3) is 0 Å². The van der Waals surface area contributed by atoms with Gasteiger partial charge in [0.1, 0.15) is 0 Å². The summed E-state index contributed by atoms with van der Waals surface area (Å²) in [5.74, 6) is -0.165. The van der Waals surface area contributed by atoms with E-state index < -0.39 is 0 Å². The normalized spacial score (nSPS) is 18.5. The Kier molecular flexibility index (Phi) is 5.53. The molecule has 0 saturated heterocycles. The van der Waals surface area contributed by atoms with Crippen molar-refractivity contribution < 1.29 is 9.53 Å². The van der Waals surface area contributed by atoms with Crippen molar-refractivity contribution >= 4 is 29.2 Å². The zero-order chi connectivity index (χ0) is 15.5. The maximum absolute atomic E-state index is 11.7. The number of ether oxygens (including phenoxy) is 1. The summed E-state index contributed by atoms with van der Waals surface area (Å²) >= 11 is 12.3. The molecule has 21 heavy (non-hydrogen) atoms. The van der Waals surface area contributed by atoms with E-state index >= 15 is 0 Å². The summed E-state index contributed by atoms with van der Waals surface area (Å²) in [5, 5.41) is 1.25. The van der Waals surface area contributed by atoms with E-state index in [4.69, 9.17) is 33.7 Å². The molecule has 1 aromatic rings. The van der Waals surface area contributed by atoms with Crippen LogP contribution in [0.15, 0.2) is 18.2 Å². The van der Waals surface area contributed by atoms with Crippen molar-refractivity contribution in [3.8, 4) is 0 Å². The predicted octanol–water partition coefficient (Wildman–Crippen LogP) is 4.51. The summed E-state index contributed by atoms with van der Waals surface area (Å²) in [7, 11) is 1.43. The Morgan fingerprint density at radius 1 is 1.38 bits per heavy atom. The van der Waals surface area contributed by atoms with Gasteiger partial charge in [-0.05, 0) is 48.4 Å². The number of carbonyl (C=O) groups is 1. The molecule has 0 spiro atoms. The van der Waals surface area contributed by atoms with Crippen molar-refractivity contribution in [1.29, 1.82) is 0 Å². The Morgan fingerprint density at radius 2 is 2.05 bits per heavy atom. The number of rotatable bonds is 5. The topological polar surface area (TPSA) is 52.3 Å². The van der Waals surface area contributed by atoms with Crippen molar-refractivity contribution in [2.45, 2.75) is 44.6 Å². The molecule has 116 valence electrons. The first-order valence-corrected chi connectivity index (χ1v) is 7.99. The maximum Gasteiger partial charge on any atom is 0.306 e. The lowest BCUT2D eigenvalue weighted by molar-refractivity contribution is -0.143. The fourth-order valence-electron chi connectivity index (χ4n) is 3.33. The SMILES string of the molecule is COC(=O)CC1(CC(N)c2cc(Cl)ccc2Cl)CCCC1. The molecule has 1 atom stereocenters. The van der Waals surface area contributed by atoms with E-state index in [1.165, 1.54) is 7.11 Å². The Hall–Kier alpha value is -0.770. The van der Waals surface area contributed by atoms with Gasteiger partial charge in [-0.15, -0.1) is 0 Å². The molecule has 0 aromatic heterocycles. The molecule has 0 amide bonds. The van der Waals surface area contributed by atoms with E-state index in [9.17, 15) is 4.79 Å². The lowest BCUT2D eigenvalue weighted by Gasteiger charge is -2.31. The average molecular weight is 330 g/mol. The van der Waals surface area contributed by atoms with Crippen LogP contribution in [0.3, 0.4) is 0 Å². The molecule has 5 heteroatoms. The van der Waals surface area contributed by atoms with Gasteiger partial charge >= 0.3 is 5.97 Å². The van der Waals surface area contributed by atoms with Crippen molar-refractivity contribution in [3.63, 3.8) is 0 Å². The molecule has 1 aliphatic rings. The average Bonchev–Trinajstić information content (AvgIpc) is 2.89. The molecule has 0 aliphatic heterocycles. The number of benzene rings is 1. The van der Waals surface area contributed by atoms with Crippen molar-refractivity contribution in [2.24, 2.45) is 11.1 Å². The highest BCUT2D eigenvalue weighted by Crippen LogP contribution is 2.47. The van der Waals surface area contributed by atoms with Gasteiger partial charge in [0.2, 0.25) is 0 Å². The molecule has 2 rings (SSSR count). The number of nitrogens with two attached hydrogens (primary N) is 1. The Balaban J connectivity index is 2.16. The number of hydrogen-bond donors (Lipinski definition) is 1. The van der Waals surface area contributed by atoms with Crippen LogP contribution in [-0.4, -0.2) is 13.1 Å². The van der Waals surface area contributed by atoms with Crippen molar-refractivity contribution in [2.75, 3.05) is 7.11 Å². The molecule has 1 aromatic carbocycles. The molecular formula is C16H21Cl2NO2. The Morgan fingerprint density at radius 3 is 2.67 bits per heavy atom. The standard InChI is InChI=1S/C16H21Cl2NO2/c1-21-15(20)10-16(6-2-3-7-16)9-14(19)12-8-11(17)4-5-13(12)18/h4-5,8,14H,2-3,6-7,9-10,19H2,1H3. The van der Waals surface area contributed by atoms with E-state index in [0.29, 0.717) is 16.5 Å². The molecule has 1 unspecified atom stereocenters. The molecular weight excluding hydrogens is 309 g/mol. The summed E-state index contributed by atoms with van der Waals surface area (Å²) in [6.07, 6.45) is 5.43. The lowest BCUT2D eigenvalue weighted by Crippen LogP contribution is -2.27. The fraction of sp³-hybridized carbons (Fsp3) is 0.562. The van der Waals surface area contributed by atoms with Gasteiger partial charge in [0.15, 0.2) is 0 Å². The number of carbonyl (C=O) groups excluding carboxylic acids is 1. The maximum atomic E-state index is 11.7.